The lowest BCUT2D eigenvalue weighted by atomic mass is 10.1. The summed E-state index contributed by atoms with van der Waals surface area (Å²) < 4.78 is 0.959. The number of anilines is 1. The highest BCUT2D eigenvalue weighted by Gasteiger charge is 2.16. The van der Waals surface area contributed by atoms with Gasteiger partial charge in [-0.2, -0.15) is 0 Å². The summed E-state index contributed by atoms with van der Waals surface area (Å²) in [4.78, 5) is 17.0. The van der Waals surface area contributed by atoms with Gasteiger partial charge in [-0.1, -0.05) is 65.3 Å². The molecule has 0 bridgehead atoms. The number of amides is 1. The van der Waals surface area contributed by atoms with Gasteiger partial charge in [0.1, 0.15) is 0 Å². The first kappa shape index (κ1) is 17.4. The molecule has 0 atom stereocenters. The molecule has 0 saturated heterocycles. The summed E-state index contributed by atoms with van der Waals surface area (Å²) in [7, 11) is 0. The summed E-state index contributed by atoms with van der Waals surface area (Å²) >= 11 is 3.56. The van der Waals surface area contributed by atoms with E-state index >= 15 is 0 Å². The van der Waals surface area contributed by atoms with Gasteiger partial charge in [0.15, 0.2) is 5.69 Å². The molecule has 0 radical (unpaired) electrons. The molecule has 0 aliphatic carbocycles. The van der Waals surface area contributed by atoms with Crippen molar-refractivity contribution >= 4 is 38.3 Å². The summed E-state index contributed by atoms with van der Waals surface area (Å²) in [5.41, 5.74) is 2.33. The Morgan fingerprint density at radius 3 is 2.64 bits per heavy atom. The van der Waals surface area contributed by atoms with Crippen molar-refractivity contribution in [2.75, 3.05) is 11.9 Å². The van der Waals surface area contributed by atoms with Crippen LogP contribution >= 0.6 is 15.9 Å². The lowest BCUT2D eigenvalue weighted by molar-refractivity contribution is 0.0949. The van der Waals surface area contributed by atoms with Crippen molar-refractivity contribution in [2.45, 2.75) is 19.9 Å². The normalized spacial score (nSPS) is 10.6. The maximum Gasteiger partial charge on any atom is 0.272 e. The Labute approximate surface area is 155 Å². The largest absolute Gasteiger partial charge is 0.379 e. The maximum absolute atomic E-state index is 12.5. The van der Waals surface area contributed by atoms with E-state index in [9.17, 15) is 4.79 Å². The topological polar surface area (TPSA) is 54.0 Å². The zero-order valence-electron chi connectivity index (χ0n) is 14.1. The Morgan fingerprint density at radius 2 is 1.88 bits per heavy atom. The van der Waals surface area contributed by atoms with Gasteiger partial charge in [-0.05, 0) is 18.1 Å². The number of hydrogen-bond acceptors (Lipinski definition) is 3. The fourth-order valence-corrected chi connectivity index (χ4v) is 3.14. The van der Waals surface area contributed by atoms with Crippen LogP contribution in [0.3, 0.4) is 0 Å². The van der Waals surface area contributed by atoms with Crippen LogP contribution in [0, 0.1) is 0 Å². The van der Waals surface area contributed by atoms with Crippen molar-refractivity contribution in [3.05, 3.63) is 70.5 Å². The molecule has 128 valence electrons. The van der Waals surface area contributed by atoms with Crippen LogP contribution in [-0.4, -0.2) is 17.4 Å². The monoisotopic (exact) mass is 397 g/mol. The van der Waals surface area contributed by atoms with Crippen LogP contribution in [0.1, 0.15) is 29.4 Å². The van der Waals surface area contributed by atoms with E-state index in [1.807, 2.05) is 43.3 Å². The maximum atomic E-state index is 12.5. The van der Waals surface area contributed by atoms with Gasteiger partial charge >= 0.3 is 0 Å². The van der Waals surface area contributed by atoms with E-state index in [2.05, 4.69) is 43.7 Å². The first-order valence-corrected chi connectivity index (χ1v) is 9.13. The van der Waals surface area contributed by atoms with Crippen LogP contribution in [0.5, 0.6) is 0 Å². The first-order valence-electron chi connectivity index (χ1n) is 8.34. The predicted octanol–water partition coefficient (Wildman–Crippen LogP) is 4.75. The lowest BCUT2D eigenvalue weighted by Crippen LogP contribution is -2.26. The Hall–Kier alpha value is -2.40. The zero-order chi connectivity index (χ0) is 17.6. The first-order chi connectivity index (χ1) is 12.2. The number of carbonyl (C=O) groups excluding carboxylic acids is 1. The van der Waals surface area contributed by atoms with Crippen molar-refractivity contribution in [1.29, 1.82) is 0 Å². The third kappa shape index (κ3) is 3.99. The van der Waals surface area contributed by atoms with Crippen LogP contribution in [-0.2, 0) is 6.54 Å². The second kappa shape index (κ2) is 8.12. The molecule has 0 fully saturated rings. The minimum absolute atomic E-state index is 0.153. The van der Waals surface area contributed by atoms with E-state index in [1.54, 1.807) is 6.20 Å². The number of hydrogen-bond donors (Lipinski definition) is 2. The molecule has 4 nitrogen and oxygen atoms in total. The number of benzene rings is 2. The van der Waals surface area contributed by atoms with Crippen LogP contribution in [0.4, 0.5) is 5.69 Å². The van der Waals surface area contributed by atoms with Crippen LogP contribution in [0.15, 0.2) is 59.2 Å². The van der Waals surface area contributed by atoms with Crippen molar-refractivity contribution in [3.63, 3.8) is 0 Å². The van der Waals surface area contributed by atoms with E-state index in [4.69, 9.17) is 0 Å². The van der Waals surface area contributed by atoms with E-state index in [1.165, 1.54) is 0 Å². The summed E-state index contributed by atoms with van der Waals surface area (Å²) in [6.45, 7) is 3.29. The molecule has 1 heterocycles. The third-order valence-electron chi connectivity index (χ3n) is 3.94. The third-order valence-corrected chi connectivity index (χ3v) is 4.64. The van der Waals surface area contributed by atoms with Crippen LogP contribution in [0.25, 0.3) is 10.8 Å². The number of fused-ring (bicyclic) bond motifs is 1. The number of carbonyl (C=O) groups is 1. The number of halogens is 1. The molecule has 3 aromatic rings. The molecule has 1 amide bonds. The molecule has 0 aliphatic heterocycles. The highest BCUT2D eigenvalue weighted by Crippen LogP contribution is 2.31. The summed E-state index contributed by atoms with van der Waals surface area (Å²) in [5, 5.41) is 8.28. The minimum atomic E-state index is -0.153. The fourth-order valence-electron chi connectivity index (χ4n) is 2.67. The Morgan fingerprint density at radius 1 is 1.08 bits per heavy atom. The van der Waals surface area contributed by atoms with Gasteiger partial charge in [0, 0.05) is 34.5 Å². The van der Waals surface area contributed by atoms with Crippen molar-refractivity contribution < 1.29 is 4.79 Å². The van der Waals surface area contributed by atoms with Gasteiger partial charge in [0.05, 0.1) is 5.69 Å². The number of nitrogens with one attached hydrogen (secondary N) is 2. The Bertz CT molecular complexity index is 881. The fraction of sp³-hybridized carbons (Fsp3) is 0.200. The van der Waals surface area contributed by atoms with Gasteiger partial charge < -0.3 is 10.6 Å². The quantitative estimate of drug-likeness (QED) is 0.630. The van der Waals surface area contributed by atoms with Gasteiger partial charge in [-0.25, -0.2) is 4.98 Å². The molecule has 0 spiro atoms. The second-order valence-electron chi connectivity index (χ2n) is 5.78. The minimum Gasteiger partial charge on any atom is -0.379 e. The summed E-state index contributed by atoms with van der Waals surface area (Å²) in [6, 6.07) is 16.1. The highest BCUT2D eigenvalue weighted by molar-refractivity contribution is 9.10. The average Bonchev–Trinajstić information content (AvgIpc) is 2.65. The summed E-state index contributed by atoms with van der Waals surface area (Å²) in [6.07, 6.45) is 2.63. The second-order valence-corrected chi connectivity index (χ2v) is 6.63. The highest BCUT2D eigenvalue weighted by atomic mass is 79.9. The molecular formula is C20H20BrN3O. The number of pyridine rings is 1. The van der Waals surface area contributed by atoms with Gasteiger partial charge in [-0.3, -0.25) is 4.79 Å². The van der Waals surface area contributed by atoms with E-state index < -0.39 is 0 Å². The standard InChI is InChI=1S/C20H20BrN3O/c1-2-11-22-20(25)19-18(23-12-14-7-4-3-5-8-14)15-9-6-10-17(21)16(15)13-24-19/h3-10,13,23H,2,11-12H2,1H3,(H,22,25). The van der Waals surface area contributed by atoms with E-state index in [0.29, 0.717) is 18.8 Å². The molecule has 1 aromatic heterocycles. The molecule has 0 aliphatic rings. The van der Waals surface area contributed by atoms with Gasteiger partial charge in [0.25, 0.3) is 5.91 Å². The molecule has 3 rings (SSSR count). The molecule has 0 unspecified atom stereocenters. The average molecular weight is 398 g/mol. The molecule has 2 N–H and O–H groups in total. The van der Waals surface area contributed by atoms with Crippen molar-refractivity contribution in [1.82, 2.24) is 10.3 Å². The molecular weight excluding hydrogens is 378 g/mol. The van der Waals surface area contributed by atoms with Gasteiger partial charge in [0.2, 0.25) is 0 Å². The zero-order valence-corrected chi connectivity index (χ0v) is 15.6. The van der Waals surface area contributed by atoms with Crippen molar-refractivity contribution in [3.8, 4) is 0 Å². The molecule has 5 heteroatoms. The Balaban J connectivity index is 2.01. The predicted molar refractivity (Wildman–Crippen MR) is 106 cm³/mol. The van der Waals surface area contributed by atoms with Crippen molar-refractivity contribution in [2.24, 2.45) is 0 Å². The molecule has 25 heavy (non-hydrogen) atoms. The number of rotatable bonds is 6. The number of aromatic nitrogens is 1. The molecule has 2 aromatic carbocycles. The van der Waals surface area contributed by atoms with Crippen LogP contribution < -0.4 is 10.6 Å². The smallest absolute Gasteiger partial charge is 0.272 e. The molecule has 0 saturated carbocycles. The Kier molecular flexibility index (Phi) is 5.66. The van der Waals surface area contributed by atoms with Crippen LogP contribution in [0.2, 0.25) is 0 Å². The SMILES string of the molecule is CCCNC(=O)c1ncc2c(Br)cccc2c1NCc1ccccc1. The lowest BCUT2D eigenvalue weighted by Gasteiger charge is -2.15. The van der Waals surface area contributed by atoms with E-state index in [-0.39, 0.29) is 5.91 Å². The van der Waals surface area contributed by atoms with E-state index in [0.717, 1.165) is 32.9 Å². The number of nitrogens with zero attached hydrogens (tertiary/aromatic N) is 1. The van der Waals surface area contributed by atoms with Gasteiger partial charge in [-0.15, -0.1) is 0 Å². The summed E-state index contributed by atoms with van der Waals surface area (Å²) in [5.74, 6) is -0.153.